The van der Waals surface area contributed by atoms with Crippen molar-refractivity contribution < 1.29 is 14.3 Å². The van der Waals surface area contributed by atoms with Crippen molar-refractivity contribution >= 4 is 45.0 Å². The fourth-order valence-corrected chi connectivity index (χ4v) is 3.84. The minimum atomic E-state index is -0.247. The molecular weight excluding hydrogens is 418 g/mol. The summed E-state index contributed by atoms with van der Waals surface area (Å²) < 4.78 is 12.8. The third-order valence-electron chi connectivity index (χ3n) is 4.39. The summed E-state index contributed by atoms with van der Waals surface area (Å²) in [5, 5.41) is 10.9. The number of nitrogens with one attached hydrogen (secondary N) is 2. The molecule has 0 saturated heterocycles. The number of hydrogen-bond donors (Lipinski definition) is 3. The van der Waals surface area contributed by atoms with Gasteiger partial charge in [0.1, 0.15) is 5.75 Å². The zero-order valence-corrected chi connectivity index (χ0v) is 17.8. The summed E-state index contributed by atoms with van der Waals surface area (Å²) in [6.45, 7) is 0.836. The van der Waals surface area contributed by atoms with Crippen molar-refractivity contribution in [3.63, 3.8) is 0 Å². The van der Waals surface area contributed by atoms with E-state index in [0.717, 1.165) is 10.2 Å². The van der Waals surface area contributed by atoms with Crippen molar-refractivity contribution in [2.24, 2.45) is 0 Å². The lowest BCUT2D eigenvalue weighted by atomic mass is 10.1. The van der Waals surface area contributed by atoms with Gasteiger partial charge < -0.3 is 25.8 Å². The highest BCUT2D eigenvalue weighted by Gasteiger charge is 2.16. The lowest BCUT2D eigenvalue weighted by Gasteiger charge is -2.11. The van der Waals surface area contributed by atoms with E-state index < -0.39 is 0 Å². The number of hydrogen-bond acceptors (Lipinski definition) is 9. The van der Waals surface area contributed by atoms with Gasteiger partial charge in [-0.3, -0.25) is 4.79 Å². The summed E-state index contributed by atoms with van der Waals surface area (Å²) in [6, 6.07) is 12.9. The quantitative estimate of drug-likeness (QED) is 0.357. The number of thiazole rings is 1. The Morgan fingerprint density at radius 2 is 2.03 bits per heavy atom. The smallest absolute Gasteiger partial charge is 0.255 e. The van der Waals surface area contributed by atoms with Crippen molar-refractivity contribution in [2.75, 3.05) is 38.4 Å². The number of nitrogens with zero attached hydrogens (tertiary/aromatic N) is 4. The monoisotopic (exact) mass is 439 g/mol. The number of anilines is 3. The van der Waals surface area contributed by atoms with Gasteiger partial charge in [-0.1, -0.05) is 23.5 Å². The third kappa shape index (κ3) is 4.42. The van der Waals surface area contributed by atoms with Gasteiger partial charge in [-0.15, -0.1) is 5.10 Å². The van der Waals surface area contributed by atoms with E-state index in [2.05, 4.69) is 25.7 Å². The molecule has 0 aliphatic heterocycles. The Bertz CT molecular complexity index is 1190. The molecule has 2 aromatic carbocycles. The summed E-state index contributed by atoms with van der Waals surface area (Å²) >= 11 is 1.47. The molecule has 0 aliphatic carbocycles. The van der Waals surface area contributed by atoms with Gasteiger partial charge >= 0.3 is 0 Å². The van der Waals surface area contributed by atoms with Gasteiger partial charge in [0.25, 0.3) is 5.91 Å². The first-order chi connectivity index (χ1) is 15.1. The summed E-state index contributed by atoms with van der Waals surface area (Å²) in [5.41, 5.74) is 7.98. The van der Waals surface area contributed by atoms with Gasteiger partial charge in [-0.2, -0.15) is 9.67 Å². The standard InChI is InChI=1S/C20H21N7O3S/c1-29-10-9-22-17(28)13-8-7-12(11-15(13)30-2)23-19-25-18(21)27(26-19)20-24-14-5-3-4-6-16(14)31-20/h3-8,11H,9-10H2,1-2H3,(H,22,28)(H3,21,23,25,26). The lowest BCUT2D eigenvalue weighted by Crippen LogP contribution is -2.27. The van der Waals surface area contributed by atoms with Gasteiger partial charge in [0.05, 0.1) is 29.5 Å². The molecule has 2 aromatic heterocycles. The van der Waals surface area contributed by atoms with Crippen molar-refractivity contribution in [3.05, 3.63) is 48.0 Å². The predicted octanol–water partition coefficient (Wildman–Crippen LogP) is 2.59. The molecular formula is C20H21N7O3S. The molecule has 4 aromatic rings. The maximum atomic E-state index is 12.3. The topological polar surface area (TPSA) is 129 Å². The maximum absolute atomic E-state index is 12.3. The molecule has 10 nitrogen and oxygen atoms in total. The van der Waals surface area contributed by atoms with Crippen LogP contribution in [0.4, 0.5) is 17.6 Å². The van der Waals surface area contributed by atoms with Crippen LogP contribution in [0, 0.1) is 0 Å². The van der Waals surface area contributed by atoms with Gasteiger partial charge in [-0.25, -0.2) is 4.98 Å². The Morgan fingerprint density at radius 3 is 2.81 bits per heavy atom. The molecule has 0 unspecified atom stereocenters. The van der Waals surface area contributed by atoms with Gasteiger partial charge in [0, 0.05) is 25.4 Å². The third-order valence-corrected chi connectivity index (χ3v) is 5.40. The van der Waals surface area contributed by atoms with Crippen LogP contribution < -0.4 is 21.1 Å². The van der Waals surface area contributed by atoms with Gasteiger partial charge in [0.15, 0.2) is 0 Å². The number of para-hydroxylation sites is 1. The molecule has 0 fully saturated rings. The second kappa shape index (κ2) is 8.98. The van der Waals surface area contributed by atoms with Gasteiger partial charge in [-0.05, 0) is 24.3 Å². The molecule has 0 aliphatic rings. The van der Waals surface area contributed by atoms with Crippen LogP contribution in [0.2, 0.25) is 0 Å². The molecule has 0 saturated carbocycles. The maximum Gasteiger partial charge on any atom is 0.255 e. The Kier molecular flexibility index (Phi) is 5.96. The van der Waals surface area contributed by atoms with E-state index in [4.69, 9.17) is 15.2 Å². The number of benzene rings is 2. The Hall–Kier alpha value is -3.70. The summed E-state index contributed by atoms with van der Waals surface area (Å²) in [6.07, 6.45) is 0. The number of nitrogens with two attached hydrogens (primary N) is 1. The van der Waals surface area contributed by atoms with Crippen molar-refractivity contribution in [1.29, 1.82) is 0 Å². The first-order valence-electron chi connectivity index (χ1n) is 9.39. The number of ether oxygens (including phenoxy) is 2. The number of amides is 1. The first-order valence-corrected chi connectivity index (χ1v) is 10.2. The molecule has 0 spiro atoms. The molecule has 160 valence electrons. The number of fused-ring (bicyclic) bond motifs is 1. The fraction of sp³-hybridized carbons (Fsp3) is 0.200. The predicted molar refractivity (Wildman–Crippen MR) is 119 cm³/mol. The highest BCUT2D eigenvalue weighted by atomic mass is 32.1. The van der Waals surface area contributed by atoms with Crippen LogP contribution >= 0.6 is 11.3 Å². The lowest BCUT2D eigenvalue weighted by molar-refractivity contribution is 0.0934. The summed E-state index contributed by atoms with van der Waals surface area (Å²) in [4.78, 5) is 21.1. The average Bonchev–Trinajstić information content (AvgIpc) is 3.36. The molecule has 11 heteroatoms. The number of carbonyl (C=O) groups is 1. The van der Waals surface area contributed by atoms with Crippen LogP contribution in [-0.2, 0) is 4.74 Å². The van der Waals surface area contributed by atoms with E-state index in [-0.39, 0.29) is 11.9 Å². The van der Waals surface area contributed by atoms with Crippen LogP contribution in [0.1, 0.15) is 10.4 Å². The van der Waals surface area contributed by atoms with Crippen molar-refractivity contribution in [2.45, 2.75) is 0 Å². The second-order valence-corrected chi connectivity index (χ2v) is 7.47. The first kappa shape index (κ1) is 20.6. The van der Waals surface area contributed by atoms with E-state index in [1.54, 1.807) is 25.3 Å². The van der Waals surface area contributed by atoms with Gasteiger partial charge in [0.2, 0.25) is 17.0 Å². The minimum Gasteiger partial charge on any atom is -0.496 e. The number of methoxy groups -OCH3 is 2. The van der Waals surface area contributed by atoms with E-state index in [1.807, 2.05) is 24.3 Å². The normalized spacial score (nSPS) is 10.9. The summed E-state index contributed by atoms with van der Waals surface area (Å²) in [7, 11) is 3.08. The van der Waals surface area contributed by atoms with Crippen LogP contribution in [0.15, 0.2) is 42.5 Å². The minimum absolute atomic E-state index is 0.211. The number of carbonyl (C=O) groups excluding carboxylic acids is 1. The Labute approximate surface area is 182 Å². The highest BCUT2D eigenvalue weighted by molar-refractivity contribution is 7.20. The largest absolute Gasteiger partial charge is 0.496 e. The van der Waals surface area contributed by atoms with E-state index in [1.165, 1.54) is 23.1 Å². The molecule has 0 atom stereocenters. The number of nitrogen functional groups attached to an aromatic ring is 1. The molecule has 0 radical (unpaired) electrons. The highest BCUT2D eigenvalue weighted by Crippen LogP contribution is 2.28. The average molecular weight is 440 g/mol. The Morgan fingerprint density at radius 1 is 1.19 bits per heavy atom. The van der Waals surface area contributed by atoms with Crippen LogP contribution in [-0.4, -0.2) is 53.0 Å². The zero-order valence-electron chi connectivity index (χ0n) is 17.0. The SMILES string of the molecule is COCCNC(=O)c1ccc(Nc2nc(N)n(-c3nc4ccccc4s3)n2)cc1OC. The molecule has 4 N–H and O–H groups in total. The van der Waals surface area contributed by atoms with Crippen molar-refractivity contribution in [3.8, 4) is 10.9 Å². The summed E-state index contributed by atoms with van der Waals surface area (Å²) in [5.74, 6) is 0.681. The van der Waals surface area contributed by atoms with Crippen molar-refractivity contribution in [1.82, 2.24) is 25.1 Å². The number of aromatic nitrogens is 4. The molecule has 31 heavy (non-hydrogen) atoms. The second-order valence-electron chi connectivity index (χ2n) is 6.46. The molecule has 2 heterocycles. The van der Waals surface area contributed by atoms with E-state index >= 15 is 0 Å². The van der Waals surface area contributed by atoms with E-state index in [9.17, 15) is 4.79 Å². The van der Waals surface area contributed by atoms with Crippen LogP contribution in [0.5, 0.6) is 5.75 Å². The molecule has 4 rings (SSSR count). The number of rotatable bonds is 8. The van der Waals surface area contributed by atoms with Crippen LogP contribution in [0.25, 0.3) is 15.3 Å². The van der Waals surface area contributed by atoms with Crippen LogP contribution in [0.3, 0.4) is 0 Å². The molecule has 0 bridgehead atoms. The zero-order chi connectivity index (χ0) is 21.8. The molecule has 1 amide bonds. The van der Waals surface area contributed by atoms with E-state index in [0.29, 0.717) is 41.2 Å². The Balaban J connectivity index is 1.54. The fourth-order valence-electron chi connectivity index (χ4n) is 2.92.